The van der Waals surface area contributed by atoms with Crippen LogP contribution in [0.1, 0.15) is 45.4 Å². The Balaban J connectivity index is 1.52. The van der Waals surface area contributed by atoms with Crippen molar-refractivity contribution in [3.05, 3.63) is 0 Å². The Hall–Kier alpha value is 0.230. The van der Waals surface area contributed by atoms with Crippen molar-refractivity contribution in [2.75, 3.05) is 24.7 Å². The van der Waals surface area contributed by atoms with Gasteiger partial charge in [-0.25, -0.2) is 0 Å². The molecule has 2 atom stereocenters. The van der Waals surface area contributed by atoms with Gasteiger partial charge in [-0.05, 0) is 51.2 Å². The van der Waals surface area contributed by atoms with E-state index in [-0.39, 0.29) is 12.1 Å². The van der Waals surface area contributed by atoms with E-state index in [1.54, 1.807) is 0 Å². The Labute approximate surface area is 115 Å². The molecule has 2 rings (SSSR count). The van der Waals surface area contributed by atoms with Gasteiger partial charge in [0, 0.05) is 23.9 Å². The van der Waals surface area contributed by atoms with E-state index in [0.717, 1.165) is 18.8 Å². The molecular weight excluding hydrogens is 246 g/mol. The lowest BCUT2D eigenvalue weighted by Crippen LogP contribution is -2.47. The van der Waals surface area contributed by atoms with Crippen molar-refractivity contribution in [1.82, 2.24) is 5.32 Å². The van der Waals surface area contributed by atoms with Crippen molar-refractivity contribution in [3.63, 3.8) is 0 Å². The Kier molecular flexibility index (Phi) is 5.80. The minimum absolute atomic E-state index is 0.0639. The summed E-state index contributed by atoms with van der Waals surface area (Å²) in [4.78, 5) is 0. The van der Waals surface area contributed by atoms with Crippen molar-refractivity contribution >= 4 is 11.8 Å². The number of rotatable bonds is 9. The monoisotopic (exact) mass is 273 g/mol. The molecule has 1 aliphatic heterocycles. The molecule has 2 N–H and O–H groups in total. The summed E-state index contributed by atoms with van der Waals surface area (Å²) < 4.78 is 5.61. The molecule has 1 saturated carbocycles. The topological polar surface area (TPSA) is 41.5 Å². The van der Waals surface area contributed by atoms with E-state index >= 15 is 0 Å². The number of ether oxygens (including phenoxy) is 1. The van der Waals surface area contributed by atoms with E-state index in [1.807, 2.05) is 11.8 Å². The average molecular weight is 273 g/mol. The molecule has 0 radical (unpaired) electrons. The van der Waals surface area contributed by atoms with Crippen LogP contribution in [0.2, 0.25) is 0 Å². The molecule has 2 unspecified atom stereocenters. The highest BCUT2D eigenvalue weighted by molar-refractivity contribution is 7.99. The summed E-state index contributed by atoms with van der Waals surface area (Å²) in [6.07, 6.45) is 7.78. The first-order chi connectivity index (χ1) is 8.72. The van der Waals surface area contributed by atoms with Gasteiger partial charge in [0.2, 0.25) is 0 Å². The molecule has 0 aromatic rings. The minimum Gasteiger partial charge on any atom is -0.394 e. The number of thioether (sulfide) groups is 1. The molecule has 0 aromatic heterocycles. The SMILES string of the molecule is CC(CO)(CCCSCC1CCCO1)NC1CC1. The van der Waals surface area contributed by atoms with Crippen LogP contribution in [0.4, 0.5) is 0 Å². The predicted molar refractivity (Wildman–Crippen MR) is 77.2 cm³/mol. The molecule has 0 amide bonds. The molecule has 0 bridgehead atoms. The number of aliphatic hydroxyl groups is 1. The highest BCUT2D eigenvalue weighted by Gasteiger charge is 2.31. The third-order valence-electron chi connectivity index (χ3n) is 3.82. The van der Waals surface area contributed by atoms with E-state index in [1.165, 1.54) is 37.9 Å². The van der Waals surface area contributed by atoms with Crippen LogP contribution in [0.3, 0.4) is 0 Å². The smallest absolute Gasteiger partial charge is 0.0666 e. The van der Waals surface area contributed by atoms with Gasteiger partial charge >= 0.3 is 0 Å². The molecule has 0 spiro atoms. The minimum atomic E-state index is -0.0639. The normalized spacial score (nSPS) is 27.3. The maximum absolute atomic E-state index is 9.50. The zero-order valence-corrected chi connectivity index (χ0v) is 12.3. The van der Waals surface area contributed by atoms with Crippen LogP contribution in [-0.2, 0) is 4.74 Å². The fraction of sp³-hybridized carbons (Fsp3) is 1.00. The quantitative estimate of drug-likeness (QED) is 0.632. The summed E-state index contributed by atoms with van der Waals surface area (Å²) >= 11 is 2.00. The first-order valence-electron chi connectivity index (χ1n) is 7.30. The molecule has 106 valence electrons. The van der Waals surface area contributed by atoms with Crippen molar-refractivity contribution in [2.45, 2.75) is 63.1 Å². The third kappa shape index (κ3) is 5.08. The molecule has 1 heterocycles. The van der Waals surface area contributed by atoms with Crippen LogP contribution in [-0.4, -0.2) is 47.5 Å². The molecular formula is C14H27NO2S. The van der Waals surface area contributed by atoms with Crippen LogP contribution in [0, 0.1) is 0 Å². The van der Waals surface area contributed by atoms with Gasteiger partial charge in [0.05, 0.1) is 12.7 Å². The summed E-state index contributed by atoms with van der Waals surface area (Å²) in [7, 11) is 0. The van der Waals surface area contributed by atoms with Gasteiger partial charge in [0.1, 0.15) is 0 Å². The summed E-state index contributed by atoms with van der Waals surface area (Å²) in [6.45, 7) is 3.36. The van der Waals surface area contributed by atoms with Gasteiger partial charge in [-0.3, -0.25) is 0 Å². The van der Waals surface area contributed by atoms with Gasteiger partial charge in [-0.2, -0.15) is 11.8 Å². The average Bonchev–Trinajstić information content (AvgIpc) is 3.01. The molecule has 2 aliphatic rings. The van der Waals surface area contributed by atoms with E-state index in [9.17, 15) is 5.11 Å². The second-order valence-electron chi connectivity index (χ2n) is 5.95. The molecule has 2 fully saturated rings. The lowest BCUT2D eigenvalue weighted by Gasteiger charge is -2.29. The van der Waals surface area contributed by atoms with Crippen molar-refractivity contribution in [3.8, 4) is 0 Å². The molecule has 3 nitrogen and oxygen atoms in total. The van der Waals surface area contributed by atoms with Gasteiger partial charge in [0.25, 0.3) is 0 Å². The summed E-state index contributed by atoms with van der Waals surface area (Å²) in [5.41, 5.74) is -0.0639. The third-order valence-corrected chi connectivity index (χ3v) is 5.01. The van der Waals surface area contributed by atoms with E-state index in [4.69, 9.17) is 4.74 Å². The lowest BCUT2D eigenvalue weighted by molar-refractivity contribution is 0.129. The van der Waals surface area contributed by atoms with Crippen LogP contribution in [0.5, 0.6) is 0 Å². The lowest BCUT2D eigenvalue weighted by atomic mass is 9.97. The van der Waals surface area contributed by atoms with Gasteiger partial charge in [0.15, 0.2) is 0 Å². The zero-order chi connectivity index (χ0) is 12.8. The maximum atomic E-state index is 9.50. The van der Waals surface area contributed by atoms with Gasteiger partial charge < -0.3 is 15.2 Å². The van der Waals surface area contributed by atoms with Crippen LogP contribution < -0.4 is 5.32 Å². The predicted octanol–water partition coefficient (Wildman–Crippen LogP) is 2.18. The van der Waals surface area contributed by atoms with Crippen LogP contribution >= 0.6 is 11.8 Å². The number of hydrogen-bond donors (Lipinski definition) is 2. The Bertz CT molecular complexity index is 242. The van der Waals surface area contributed by atoms with E-state index < -0.39 is 0 Å². The number of aliphatic hydroxyl groups excluding tert-OH is 1. The molecule has 18 heavy (non-hydrogen) atoms. The standard InChI is InChI=1S/C14H27NO2S/c1-14(11-16,15-12-5-6-12)7-3-9-18-10-13-4-2-8-17-13/h12-13,15-16H,2-11H2,1H3. The molecule has 4 heteroatoms. The van der Waals surface area contributed by atoms with Crippen molar-refractivity contribution < 1.29 is 9.84 Å². The first kappa shape index (κ1) is 14.6. The largest absolute Gasteiger partial charge is 0.394 e. The van der Waals surface area contributed by atoms with Gasteiger partial charge in [-0.1, -0.05) is 0 Å². The van der Waals surface area contributed by atoms with E-state index in [2.05, 4.69) is 12.2 Å². The summed E-state index contributed by atoms with van der Waals surface area (Å²) in [5, 5.41) is 13.1. The first-order valence-corrected chi connectivity index (χ1v) is 8.45. The fourth-order valence-electron chi connectivity index (χ4n) is 2.47. The number of nitrogens with one attached hydrogen (secondary N) is 1. The Morgan fingerprint density at radius 2 is 2.22 bits per heavy atom. The fourth-order valence-corrected chi connectivity index (χ4v) is 3.51. The zero-order valence-electron chi connectivity index (χ0n) is 11.5. The van der Waals surface area contributed by atoms with Crippen molar-refractivity contribution in [1.29, 1.82) is 0 Å². The van der Waals surface area contributed by atoms with Gasteiger partial charge in [-0.15, -0.1) is 0 Å². The molecule has 1 saturated heterocycles. The van der Waals surface area contributed by atoms with Crippen molar-refractivity contribution in [2.24, 2.45) is 0 Å². The highest BCUT2D eigenvalue weighted by Crippen LogP contribution is 2.25. The summed E-state index contributed by atoms with van der Waals surface area (Å²) in [6, 6.07) is 0.668. The second kappa shape index (κ2) is 7.13. The Morgan fingerprint density at radius 3 is 2.83 bits per heavy atom. The molecule has 1 aliphatic carbocycles. The van der Waals surface area contributed by atoms with Crippen LogP contribution in [0.25, 0.3) is 0 Å². The molecule has 0 aromatic carbocycles. The number of hydrogen-bond acceptors (Lipinski definition) is 4. The highest BCUT2D eigenvalue weighted by atomic mass is 32.2. The van der Waals surface area contributed by atoms with E-state index in [0.29, 0.717) is 12.1 Å². The van der Waals surface area contributed by atoms with Crippen LogP contribution in [0.15, 0.2) is 0 Å². The second-order valence-corrected chi connectivity index (χ2v) is 7.10. The Morgan fingerprint density at radius 1 is 1.39 bits per heavy atom. The summed E-state index contributed by atoms with van der Waals surface area (Å²) in [5.74, 6) is 2.33. The maximum Gasteiger partial charge on any atom is 0.0666 e.